The summed E-state index contributed by atoms with van der Waals surface area (Å²) in [5.41, 5.74) is 1.31. The van der Waals surface area contributed by atoms with Gasteiger partial charge in [-0.2, -0.15) is 23.5 Å². The molecule has 29 heteroatoms. The molecule has 2 aromatic carbocycles. The standard InChI is InChI=1S/C54H69N9O14S6/c1-28(2)45(41(64)18-30-16-32(76-8)13-12-29(30)3)49(70)58-35-22-80-53(74)39(24-78-10)62(6)51(72)38-27-83-82-26-37(60(4)43(66)20-55-47(35)68)52(73)63(7)40(25-79-11)54(75)81-23-36(48(69)56-21-44(67)61(38)5)59-50(71)46-42(65)19-31-17-33(77-9)14-15-34(31)57-46/h12-19,35-40,64-65H,20-27H2,1-11H3,(H,55,68)(H,56,69)(H,58,70)(H,59,71)/b41-18+/t35-,36-,37?,38?,39+,40+/m1/s1. The van der Waals surface area contributed by atoms with Crippen molar-refractivity contribution >= 4 is 143 Å². The van der Waals surface area contributed by atoms with Crippen LogP contribution in [0.2, 0.25) is 0 Å². The van der Waals surface area contributed by atoms with Gasteiger partial charge >= 0.3 is 0 Å². The second kappa shape index (κ2) is 31.6. The van der Waals surface area contributed by atoms with E-state index in [2.05, 4.69) is 26.3 Å². The molecule has 3 aromatic rings. The predicted molar refractivity (Wildman–Crippen MR) is 329 cm³/mol. The van der Waals surface area contributed by atoms with Crippen LogP contribution < -0.4 is 30.7 Å². The molecule has 2 aliphatic rings. The number of allylic oxidation sites excluding steroid dienone is 1. The third kappa shape index (κ3) is 17.6. The van der Waals surface area contributed by atoms with Crippen LogP contribution in [0.15, 0.2) is 59.4 Å². The lowest BCUT2D eigenvalue weighted by Crippen LogP contribution is -2.57. The van der Waals surface area contributed by atoms with E-state index in [1.165, 1.54) is 87.9 Å². The number of carbonyl (C=O) groups is 10. The van der Waals surface area contributed by atoms with E-state index in [9.17, 15) is 58.2 Å². The number of thioether (sulfide) groups is 4. The second-order valence-electron chi connectivity index (χ2n) is 19.2. The predicted octanol–water partition coefficient (Wildman–Crippen LogP) is 2.98. The molecule has 450 valence electrons. The van der Waals surface area contributed by atoms with Crippen LogP contribution in [0, 0.1) is 6.92 Å². The molecular formula is C54H69N9O14S6. The fourth-order valence-corrected chi connectivity index (χ4v) is 14.5. The molecule has 6 N–H and O–H groups in total. The maximum atomic E-state index is 14.8. The quantitative estimate of drug-likeness (QED) is 0.0657. The molecule has 2 fully saturated rings. The van der Waals surface area contributed by atoms with Gasteiger partial charge < -0.3 is 60.6 Å². The summed E-state index contributed by atoms with van der Waals surface area (Å²) in [5.74, 6) is -7.76. The van der Waals surface area contributed by atoms with Gasteiger partial charge in [-0.15, -0.1) is 0 Å². The number of nitrogens with one attached hydrogen (secondary N) is 4. The van der Waals surface area contributed by atoms with E-state index in [0.717, 1.165) is 37.0 Å². The lowest BCUT2D eigenvalue weighted by atomic mass is 10.0. The summed E-state index contributed by atoms with van der Waals surface area (Å²) in [6.07, 6.45) is 4.79. The van der Waals surface area contributed by atoms with E-state index in [0.29, 0.717) is 57.1 Å². The average molecular weight is 1260 g/mol. The maximum absolute atomic E-state index is 14.8. The van der Waals surface area contributed by atoms with Gasteiger partial charge in [0.2, 0.25) is 45.7 Å². The number of benzene rings is 2. The van der Waals surface area contributed by atoms with E-state index in [1.54, 1.807) is 69.7 Å². The SMILES string of the molecule is COc1ccc(C)c(/C=C(/O)C(C(=O)N[C@@H]2CSC(=O)[C@H](CSC)N(C)C(=O)C3CSSCC(C(=O)N(C)[C@@H](CSC)C(=O)SC[C@@H](NC(=O)c4nc5ccc(OC)cc5cc4O)C(=O)NCC(=O)N3C)N(C)C(=O)CNC2=O)=C(C)C)c1. The van der Waals surface area contributed by atoms with Crippen LogP contribution >= 0.6 is 68.6 Å². The Kier molecular flexibility index (Phi) is 25.7. The van der Waals surface area contributed by atoms with Gasteiger partial charge in [-0.1, -0.05) is 56.8 Å². The van der Waals surface area contributed by atoms with Crippen molar-refractivity contribution in [3.8, 4) is 17.2 Å². The van der Waals surface area contributed by atoms with Crippen molar-refractivity contribution in [2.75, 3.05) is 103 Å². The number of carbonyl (C=O) groups excluding carboxylic acids is 10. The van der Waals surface area contributed by atoms with Crippen LogP contribution in [0.4, 0.5) is 0 Å². The van der Waals surface area contributed by atoms with Crippen LogP contribution in [-0.4, -0.2) is 231 Å². The Labute approximate surface area is 506 Å². The first kappa shape index (κ1) is 67.5. The molecule has 1 aromatic heterocycles. The molecule has 2 unspecified atom stereocenters. The number of hydrogen-bond acceptors (Lipinski definition) is 21. The van der Waals surface area contributed by atoms with E-state index in [-0.39, 0.29) is 28.6 Å². The van der Waals surface area contributed by atoms with Gasteiger partial charge in [0.05, 0.1) is 38.4 Å². The van der Waals surface area contributed by atoms with Crippen LogP contribution in [0.1, 0.15) is 35.5 Å². The summed E-state index contributed by atoms with van der Waals surface area (Å²) >= 11 is 3.71. The highest BCUT2D eigenvalue weighted by molar-refractivity contribution is 8.76. The van der Waals surface area contributed by atoms with Crippen molar-refractivity contribution in [2.45, 2.75) is 57.0 Å². The van der Waals surface area contributed by atoms with Crippen molar-refractivity contribution in [1.29, 1.82) is 0 Å². The first-order chi connectivity index (χ1) is 39.4. The van der Waals surface area contributed by atoms with E-state index in [4.69, 9.17) is 9.47 Å². The Hall–Kier alpha value is -6.27. The van der Waals surface area contributed by atoms with Crippen molar-refractivity contribution in [1.82, 2.24) is 45.9 Å². The molecule has 5 rings (SSSR count). The molecule has 23 nitrogen and oxygen atoms in total. The monoisotopic (exact) mass is 1260 g/mol. The van der Waals surface area contributed by atoms with E-state index in [1.807, 2.05) is 0 Å². The van der Waals surface area contributed by atoms with Crippen LogP contribution in [0.25, 0.3) is 17.0 Å². The highest BCUT2D eigenvalue weighted by Crippen LogP contribution is 2.30. The first-order valence-electron chi connectivity index (χ1n) is 25.6. The molecule has 8 amide bonds. The number of ether oxygens (including phenoxy) is 2. The number of pyridine rings is 1. The minimum atomic E-state index is -1.56. The molecule has 2 bridgehead atoms. The summed E-state index contributed by atoms with van der Waals surface area (Å²) < 4.78 is 10.6. The van der Waals surface area contributed by atoms with Gasteiger partial charge in [0.15, 0.2) is 5.69 Å². The average Bonchev–Trinajstić information content (AvgIpc) is 3.66. The fraction of sp³-hybridized carbons (Fsp3) is 0.463. The zero-order valence-electron chi connectivity index (χ0n) is 47.7. The second-order valence-corrected chi connectivity index (χ2v) is 25.7. The number of aliphatic hydroxyl groups excluding tert-OH is 1. The number of likely N-dealkylation sites (N-methyl/N-ethyl adjacent to an activating group) is 4. The highest BCUT2D eigenvalue weighted by atomic mass is 33.1. The number of fused-ring (bicyclic) bond motifs is 6. The van der Waals surface area contributed by atoms with Crippen molar-refractivity contribution < 1.29 is 67.6 Å². The molecule has 0 spiro atoms. The molecular weight excluding hydrogens is 1190 g/mol. The molecule has 0 saturated carbocycles. The van der Waals surface area contributed by atoms with Gasteiger partial charge in [-0.3, -0.25) is 47.9 Å². The lowest BCUT2D eigenvalue weighted by molar-refractivity contribution is -0.145. The highest BCUT2D eigenvalue weighted by Gasteiger charge is 2.40. The molecule has 83 heavy (non-hydrogen) atoms. The lowest BCUT2D eigenvalue weighted by Gasteiger charge is -2.35. The number of aromatic nitrogens is 1. The number of rotatable bonds is 12. The summed E-state index contributed by atoms with van der Waals surface area (Å²) in [4.78, 5) is 152. The number of amides is 8. The summed E-state index contributed by atoms with van der Waals surface area (Å²) in [7, 11) is 10.5. The maximum Gasteiger partial charge on any atom is 0.274 e. The number of nitrogens with zero attached hydrogens (tertiary/aromatic N) is 5. The molecule has 0 aliphatic carbocycles. The Morgan fingerprint density at radius 1 is 0.711 bits per heavy atom. The van der Waals surface area contributed by atoms with E-state index < -0.39 is 136 Å². The number of methoxy groups -OCH3 is 2. The normalized spacial score (nSPS) is 21.9. The largest absolute Gasteiger partial charge is 0.507 e. The molecule has 0 radical (unpaired) electrons. The fourth-order valence-electron chi connectivity index (χ4n) is 8.36. The molecule has 2 saturated heterocycles. The zero-order chi connectivity index (χ0) is 61.4. The summed E-state index contributed by atoms with van der Waals surface area (Å²) in [5, 5.41) is 31.9. The minimum absolute atomic E-state index is 0.0469. The van der Waals surface area contributed by atoms with Crippen molar-refractivity contribution in [3.05, 3.63) is 76.2 Å². The van der Waals surface area contributed by atoms with Crippen molar-refractivity contribution in [3.63, 3.8) is 0 Å². The summed E-state index contributed by atoms with van der Waals surface area (Å²) in [6.45, 7) is 3.54. The van der Waals surface area contributed by atoms with E-state index >= 15 is 0 Å². The Bertz CT molecular complexity index is 3040. The topological polar surface area (TPSA) is 304 Å². The van der Waals surface area contributed by atoms with Crippen LogP contribution in [0.3, 0.4) is 0 Å². The third-order valence-corrected chi connectivity index (χ3v) is 19.3. The molecule has 6 atom stereocenters. The smallest absolute Gasteiger partial charge is 0.274 e. The minimum Gasteiger partial charge on any atom is -0.507 e. The number of aryl methyl sites for hydroxylation is 1. The van der Waals surface area contributed by atoms with Crippen LogP contribution in [0.5, 0.6) is 17.2 Å². The number of aliphatic hydroxyl groups is 1. The van der Waals surface area contributed by atoms with Gasteiger partial charge in [0.1, 0.15) is 59.3 Å². The van der Waals surface area contributed by atoms with Crippen LogP contribution in [-0.2, 0) is 43.2 Å². The van der Waals surface area contributed by atoms with Gasteiger partial charge in [0.25, 0.3) is 11.8 Å². The van der Waals surface area contributed by atoms with Gasteiger partial charge in [-0.05, 0) is 86.9 Å². The van der Waals surface area contributed by atoms with Crippen molar-refractivity contribution in [2.24, 2.45) is 0 Å². The van der Waals surface area contributed by atoms with Gasteiger partial charge in [-0.25, -0.2) is 4.98 Å². The zero-order valence-corrected chi connectivity index (χ0v) is 52.6. The van der Waals surface area contributed by atoms with Gasteiger partial charge in [0, 0.05) is 68.1 Å². The molecule has 2 aliphatic heterocycles. The third-order valence-electron chi connectivity index (χ3n) is 13.5. The Morgan fingerprint density at radius 2 is 1.19 bits per heavy atom. The Morgan fingerprint density at radius 3 is 1.67 bits per heavy atom. The molecule has 3 heterocycles. The number of aromatic hydroxyl groups is 1. The summed E-state index contributed by atoms with van der Waals surface area (Å²) in [6, 6.07) is 3.13. The first-order valence-corrected chi connectivity index (χ1v) is 32.8. The number of hydrogen-bond donors (Lipinski definition) is 6. The Balaban J connectivity index is 1.55.